The van der Waals surface area contributed by atoms with Gasteiger partial charge in [0.15, 0.2) is 6.35 Å². The Morgan fingerprint density at radius 2 is 2.00 bits per heavy atom. The van der Waals surface area contributed by atoms with E-state index in [0.717, 1.165) is 5.56 Å². The van der Waals surface area contributed by atoms with Crippen molar-refractivity contribution in [2.75, 3.05) is 13.6 Å². The van der Waals surface area contributed by atoms with E-state index < -0.39 is 12.5 Å². The van der Waals surface area contributed by atoms with Gasteiger partial charge in [-0.25, -0.2) is 0 Å². The standard InChI is InChI=1S/C12H19FN4O2/c1-3-15-11(18)9-6-4-8(5-7-9)10(14-2)16-12(19)17-13/h4-7,10,12,14,16-17,19H,3H2,1-2H3,(H,15,18). The van der Waals surface area contributed by atoms with Crippen molar-refractivity contribution < 1.29 is 14.4 Å². The molecule has 1 aromatic rings. The van der Waals surface area contributed by atoms with Crippen molar-refractivity contribution in [3.63, 3.8) is 0 Å². The second-order valence-corrected chi connectivity index (χ2v) is 3.88. The van der Waals surface area contributed by atoms with Crippen molar-refractivity contribution in [1.29, 1.82) is 0 Å². The number of benzene rings is 1. The van der Waals surface area contributed by atoms with E-state index in [9.17, 15) is 9.28 Å². The summed E-state index contributed by atoms with van der Waals surface area (Å²) in [6.07, 6.45) is -1.91. The van der Waals surface area contributed by atoms with Crippen molar-refractivity contribution in [3.05, 3.63) is 35.4 Å². The molecule has 6 nitrogen and oxygen atoms in total. The van der Waals surface area contributed by atoms with Gasteiger partial charge in [0.1, 0.15) is 0 Å². The molecule has 0 bridgehead atoms. The van der Waals surface area contributed by atoms with E-state index in [0.29, 0.717) is 12.1 Å². The zero-order valence-electron chi connectivity index (χ0n) is 10.9. The molecule has 0 saturated carbocycles. The van der Waals surface area contributed by atoms with E-state index in [2.05, 4.69) is 16.0 Å². The van der Waals surface area contributed by atoms with Gasteiger partial charge in [-0.05, 0) is 31.7 Å². The molecule has 0 aliphatic rings. The van der Waals surface area contributed by atoms with Crippen LogP contribution in [0.5, 0.6) is 0 Å². The molecule has 106 valence electrons. The lowest BCUT2D eigenvalue weighted by molar-refractivity contribution is 0.0240. The molecule has 7 heteroatoms. The van der Waals surface area contributed by atoms with Gasteiger partial charge in [0.2, 0.25) is 0 Å². The number of carbonyl (C=O) groups is 1. The Bertz CT molecular complexity index is 399. The predicted octanol–water partition coefficient (Wildman–Crippen LogP) is -0.00610. The second kappa shape index (κ2) is 7.80. The van der Waals surface area contributed by atoms with Gasteiger partial charge in [0, 0.05) is 12.1 Å². The van der Waals surface area contributed by atoms with Gasteiger partial charge in [-0.3, -0.25) is 10.1 Å². The summed E-state index contributed by atoms with van der Waals surface area (Å²) in [5, 5.41) is 17.3. The first kappa shape index (κ1) is 15.5. The number of aliphatic hydroxyl groups excluding tert-OH is 1. The zero-order valence-corrected chi connectivity index (χ0v) is 10.9. The van der Waals surface area contributed by atoms with Crippen LogP contribution in [0.25, 0.3) is 0 Å². The summed E-state index contributed by atoms with van der Waals surface area (Å²) >= 11 is 0. The van der Waals surface area contributed by atoms with Crippen LogP contribution < -0.4 is 21.5 Å². The maximum absolute atomic E-state index is 12.0. The normalized spacial score (nSPS) is 13.9. The van der Waals surface area contributed by atoms with Crippen LogP contribution in [0.1, 0.15) is 29.0 Å². The Morgan fingerprint density at radius 3 is 2.47 bits per heavy atom. The molecule has 2 unspecified atom stereocenters. The molecule has 0 fully saturated rings. The minimum absolute atomic E-state index is 0.145. The van der Waals surface area contributed by atoms with Gasteiger partial charge < -0.3 is 15.7 Å². The highest BCUT2D eigenvalue weighted by atomic mass is 19.2. The molecule has 19 heavy (non-hydrogen) atoms. The minimum atomic E-state index is -1.47. The second-order valence-electron chi connectivity index (χ2n) is 3.88. The minimum Gasteiger partial charge on any atom is -0.364 e. The molecule has 0 heterocycles. The molecule has 0 radical (unpaired) electrons. The molecule has 1 aromatic carbocycles. The fourth-order valence-corrected chi connectivity index (χ4v) is 1.63. The van der Waals surface area contributed by atoms with Crippen LogP contribution in [0.15, 0.2) is 24.3 Å². The topological polar surface area (TPSA) is 85.4 Å². The molecule has 1 rings (SSSR count). The third kappa shape index (κ3) is 4.56. The first-order valence-electron chi connectivity index (χ1n) is 5.98. The zero-order chi connectivity index (χ0) is 14.3. The third-order valence-corrected chi connectivity index (χ3v) is 2.56. The van der Waals surface area contributed by atoms with E-state index in [1.165, 1.54) is 5.54 Å². The van der Waals surface area contributed by atoms with Gasteiger partial charge in [0.25, 0.3) is 5.91 Å². The largest absolute Gasteiger partial charge is 0.364 e. The number of aliphatic hydroxyl groups is 1. The van der Waals surface area contributed by atoms with Crippen LogP contribution in [0.3, 0.4) is 0 Å². The first-order valence-corrected chi connectivity index (χ1v) is 5.98. The lowest BCUT2D eigenvalue weighted by atomic mass is 10.1. The molecule has 1 amide bonds. The fraction of sp³-hybridized carbons (Fsp3) is 0.417. The van der Waals surface area contributed by atoms with Gasteiger partial charge in [-0.15, -0.1) is 10.0 Å². The molecule has 0 aliphatic carbocycles. The van der Waals surface area contributed by atoms with Gasteiger partial charge in [0.05, 0.1) is 6.17 Å². The Labute approximate surface area is 111 Å². The number of amides is 1. The van der Waals surface area contributed by atoms with E-state index >= 15 is 0 Å². The molecule has 2 atom stereocenters. The van der Waals surface area contributed by atoms with Gasteiger partial charge in [-0.2, -0.15) is 0 Å². The van der Waals surface area contributed by atoms with Crippen molar-refractivity contribution in [3.8, 4) is 0 Å². The molecule has 0 aromatic heterocycles. The number of rotatable bonds is 7. The summed E-state index contributed by atoms with van der Waals surface area (Å²) < 4.78 is 12.0. The summed E-state index contributed by atoms with van der Waals surface area (Å²) in [7, 11) is 1.67. The maximum Gasteiger partial charge on any atom is 0.251 e. The number of carbonyl (C=O) groups excluding carboxylic acids is 1. The monoisotopic (exact) mass is 270 g/mol. The smallest absolute Gasteiger partial charge is 0.251 e. The summed E-state index contributed by atoms with van der Waals surface area (Å²) in [5.41, 5.74) is 2.50. The molecular weight excluding hydrogens is 251 g/mol. The molecule has 0 saturated heterocycles. The fourth-order valence-electron chi connectivity index (χ4n) is 1.63. The van der Waals surface area contributed by atoms with Crippen molar-refractivity contribution in [1.82, 2.24) is 21.5 Å². The SMILES string of the molecule is CCNC(=O)c1ccc(C(NC)NC(O)NF)cc1. The molecule has 5 N–H and O–H groups in total. The van der Waals surface area contributed by atoms with E-state index in [4.69, 9.17) is 5.11 Å². The van der Waals surface area contributed by atoms with Crippen LogP contribution in [0.2, 0.25) is 0 Å². The first-order chi connectivity index (χ1) is 9.12. The Morgan fingerprint density at radius 1 is 1.37 bits per heavy atom. The van der Waals surface area contributed by atoms with Crippen LogP contribution in [-0.2, 0) is 0 Å². The summed E-state index contributed by atoms with van der Waals surface area (Å²) in [6, 6.07) is 6.79. The highest BCUT2D eigenvalue weighted by Crippen LogP contribution is 2.11. The molecule has 0 aliphatic heterocycles. The Kier molecular flexibility index (Phi) is 6.37. The van der Waals surface area contributed by atoms with E-state index in [1.807, 2.05) is 6.92 Å². The lowest BCUT2D eigenvalue weighted by Crippen LogP contribution is -2.44. The van der Waals surface area contributed by atoms with Crippen LogP contribution in [0, 0.1) is 0 Å². The number of halogens is 1. The summed E-state index contributed by atoms with van der Waals surface area (Å²) in [6.45, 7) is 2.41. The maximum atomic E-state index is 12.0. The summed E-state index contributed by atoms with van der Waals surface area (Å²) in [5.74, 6) is -0.145. The van der Waals surface area contributed by atoms with E-state index in [-0.39, 0.29) is 5.91 Å². The average molecular weight is 270 g/mol. The third-order valence-electron chi connectivity index (χ3n) is 2.56. The lowest BCUT2D eigenvalue weighted by Gasteiger charge is -2.21. The van der Waals surface area contributed by atoms with Crippen molar-refractivity contribution in [2.24, 2.45) is 0 Å². The highest BCUT2D eigenvalue weighted by Gasteiger charge is 2.13. The highest BCUT2D eigenvalue weighted by molar-refractivity contribution is 5.94. The number of hydrogen-bond acceptors (Lipinski definition) is 5. The Hall–Kier alpha value is -1.54. The van der Waals surface area contributed by atoms with E-state index in [1.54, 1.807) is 31.3 Å². The van der Waals surface area contributed by atoms with Crippen LogP contribution >= 0.6 is 0 Å². The Balaban J connectivity index is 2.75. The van der Waals surface area contributed by atoms with Crippen LogP contribution in [0.4, 0.5) is 4.48 Å². The van der Waals surface area contributed by atoms with Gasteiger partial charge >= 0.3 is 0 Å². The predicted molar refractivity (Wildman–Crippen MR) is 69.6 cm³/mol. The summed E-state index contributed by atoms with van der Waals surface area (Å²) in [4.78, 5) is 11.6. The average Bonchev–Trinajstić information content (AvgIpc) is 2.45. The van der Waals surface area contributed by atoms with Crippen LogP contribution in [-0.4, -0.2) is 31.0 Å². The number of hydrogen-bond donors (Lipinski definition) is 5. The quantitative estimate of drug-likeness (QED) is 0.355. The van der Waals surface area contributed by atoms with Crippen molar-refractivity contribution in [2.45, 2.75) is 19.4 Å². The van der Waals surface area contributed by atoms with Crippen molar-refractivity contribution >= 4 is 5.91 Å². The number of nitrogens with one attached hydrogen (secondary N) is 4. The molecular formula is C12H19FN4O2. The molecule has 0 spiro atoms. The van der Waals surface area contributed by atoms with Gasteiger partial charge in [-0.1, -0.05) is 12.1 Å².